The van der Waals surface area contributed by atoms with Crippen LogP contribution in [-0.4, -0.2) is 18.7 Å². The molecule has 0 fully saturated rings. The van der Waals surface area contributed by atoms with E-state index in [1.807, 2.05) is 13.8 Å². The van der Waals surface area contributed by atoms with E-state index in [-0.39, 0.29) is 12.1 Å². The van der Waals surface area contributed by atoms with Crippen molar-refractivity contribution in [1.82, 2.24) is 0 Å². The summed E-state index contributed by atoms with van der Waals surface area (Å²) in [6.07, 6.45) is 9.53. The molecule has 1 aliphatic heterocycles. The van der Waals surface area contributed by atoms with Crippen LogP contribution in [0.15, 0.2) is 23.5 Å². The van der Waals surface area contributed by atoms with Crippen LogP contribution in [0.2, 0.25) is 0 Å². The number of unbranched alkanes of at least 4 members (excludes halogenated alkanes) is 2. The number of rotatable bonds is 6. The third-order valence-electron chi connectivity index (χ3n) is 3.03. The van der Waals surface area contributed by atoms with Crippen molar-refractivity contribution in [1.29, 1.82) is 0 Å². The van der Waals surface area contributed by atoms with Crippen LogP contribution in [-0.2, 0) is 14.3 Å². The van der Waals surface area contributed by atoms with Crippen molar-refractivity contribution >= 4 is 5.97 Å². The lowest BCUT2D eigenvalue weighted by Gasteiger charge is -2.24. The lowest BCUT2D eigenvalue weighted by atomic mass is 10.0. The second-order valence-electron chi connectivity index (χ2n) is 4.52. The van der Waals surface area contributed by atoms with Crippen molar-refractivity contribution in [3.05, 3.63) is 23.5 Å². The van der Waals surface area contributed by atoms with Gasteiger partial charge in [0.05, 0.1) is 12.2 Å². The first-order valence-electron chi connectivity index (χ1n) is 6.89. The maximum atomic E-state index is 11.6. The molecule has 0 bridgehead atoms. The third-order valence-corrected chi connectivity index (χ3v) is 3.03. The molecule has 0 aromatic carbocycles. The minimum absolute atomic E-state index is 0.111. The van der Waals surface area contributed by atoms with Crippen molar-refractivity contribution in [2.45, 2.75) is 59.0 Å². The number of esters is 1. The van der Waals surface area contributed by atoms with Gasteiger partial charge in [-0.3, -0.25) is 0 Å². The number of hydrogen-bond donors (Lipinski definition) is 0. The van der Waals surface area contributed by atoms with Crippen LogP contribution in [0.1, 0.15) is 52.9 Å². The number of carbonyl (C=O) groups excluding carboxylic acids is 1. The summed E-state index contributed by atoms with van der Waals surface area (Å²) >= 11 is 0. The van der Waals surface area contributed by atoms with Gasteiger partial charge in [0, 0.05) is 0 Å². The summed E-state index contributed by atoms with van der Waals surface area (Å²) in [6, 6.07) is 0. The highest BCUT2D eigenvalue weighted by molar-refractivity contribution is 5.89. The minimum atomic E-state index is -0.233. The Bertz CT molecular complexity index is 329. The van der Waals surface area contributed by atoms with Crippen LogP contribution < -0.4 is 0 Å². The van der Waals surface area contributed by atoms with Gasteiger partial charge in [-0.15, -0.1) is 0 Å². The molecule has 0 aromatic rings. The molecule has 0 saturated heterocycles. The molecular weight excluding hydrogens is 228 g/mol. The Labute approximate surface area is 110 Å². The quantitative estimate of drug-likeness (QED) is 0.410. The molecule has 18 heavy (non-hydrogen) atoms. The summed E-state index contributed by atoms with van der Waals surface area (Å²) < 4.78 is 10.7. The van der Waals surface area contributed by atoms with E-state index in [2.05, 4.69) is 19.1 Å². The Morgan fingerprint density at radius 1 is 1.50 bits per heavy atom. The smallest absolute Gasteiger partial charge is 0.337 e. The van der Waals surface area contributed by atoms with Gasteiger partial charge in [-0.2, -0.15) is 0 Å². The van der Waals surface area contributed by atoms with E-state index in [4.69, 9.17) is 9.47 Å². The molecule has 0 radical (unpaired) electrons. The fraction of sp³-hybridized carbons (Fsp3) is 0.667. The molecule has 1 aliphatic rings. The van der Waals surface area contributed by atoms with Crippen molar-refractivity contribution in [3.63, 3.8) is 0 Å². The van der Waals surface area contributed by atoms with Gasteiger partial charge >= 0.3 is 5.97 Å². The standard InChI is InChI=1S/C15H24O3/c1-4-6-7-8-9-13-10-11-14(12(3)18-13)15(16)17-5-2/h8-9,13H,4-7,10-11H2,1-3H3/b9-8+. The first-order chi connectivity index (χ1) is 8.69. The van der Waals surface area contributed by atoms with E-state index in [1.165, 1.54) is 12.8 Å². The van der Waals surface area contributed by atoms with E-state index in [0.29, 0.717) is 17.9 Å². The highest BCUT2D eigenvalue weighted by Crippen LogP contribution is 2.25. The van der Waals surface area contributed by atoms with E-state index in [9.17, 15) is 4.79 Å². The Kier molecular flexibility index (Phi) is 6.55. The molecular formula is C15H24O3. The number of ether oxygens (including phenoxy) is 2. The van der Waals surface area contributed by atoms with E-state index in [1.54, 1.807) is 0 Å². The first-order valence-corrected chi connectivity index (χ1v) is 6.89. The zero-order valence-electron chi connectivity index (χ0n) is 11.7. The first kappa shape index (κ1) is 14.8. The van der Waals surface area contributed by atoms with Crippen molar-refractivity contribution < 1.29 is 14.3 Å². The zero-order chi connectivity index (χ0) is 13.4. The normalized spacial score (nSPS) is 20.1. The number of allylic oxidation sites excluding steroid dienone is 2. The van der Waals surface area contributed by atoms with Gasteiger partial charge in [-0.1, -0.05) is 25.8 Å². The van der Waals surface area contributed by atoms with Gasteiger partial charge in [-0.05, 0) is 39.2 Å². The molecule has 0 aromatic heterocycles. The molecule has 1 rings (SSSR count). The highest BCUT2D eigenvalue weighted by Gasteiger charge is 2.23. The van der Waals surface area contributed by atoms with Gasteiger partial charge in [0.25, 0.3) is 0 Å². The van der Waals surface area contributed by atoms with E-state index in [0.717, 1.165) is 19.3 Å². The van der Waals surface area contributed by atoms with Gasteiger partial charge < -0.3 is 9.47 Å². The summed E-state index contributed by atoms with van der Waals surface area (Å²) in [4.78, 5) is 11.6. The monoisotopic (exact) mass is 252 g/mol. The minimum Gasteiger partial charge on any atom is -0.490 e. The number of carbonyl (C=O) groups is 1. The van der Waals surface area contributed by atoms with E-state index >= 15 is 0 Å². The fourth-order valence-electron chi connectivity index (χ4n) is 1.99. The molecule has 0 amide bonds. The maximum absolute atomic E-state index is 11.6. The predicted molar refractivity (Wildman–Crippen MR) is 72.1 cm³/mol. The Balaban J connectivity index is 2.49. The second kappa shape index (κ2) is 7.96. The molecule has 1 unspecified atom stereocenters. The lowest BCUT2D eigenvalue weighted by Crippen LogP contribution is -2.20. The molecule has 0 spiro atoms. The average molecular weight is 252 g/mol. The predicted octanol–water partition coefficient (Wildman–Crippen LogP) is 3.75. The zero-order valence-corrected chi connectivity index (χ0v) is 11.7. The van der Waals surface area contributed by atoms with E-state index < -0.39 is 0 Å². The van der Waals surface area contributed by atoms with Crippen LogP contribution in [0.5, 0.6) is 0 Å². The molecule has 102 valence electrons. The van der Waals surface area contributed by atoms with Crippen LogP contribution in [0.4, 0.5) is 0 Å². The maximum Gasteiger partial charge on any atom is 0.337 e. The van der Waals surface area contributed by atoms with Crippen molar-refractivity contribution in [2.24, 2.45) is 0 Å². The molecule has 3 heteroatoms. The van der Waals surface area contributed by atoms with Gasteiger partial charge in [0.2, 0.25) is 0 Å². The van der Waals surface area contributed by atoms with Crippen molar-refractivity contribution in [3.8, 4) is 0 Å². The highest BCUT2D eigenvalue weighted by atomic mass is 16.5. The second-order valence-corrected chi connectivity index (χ2v) is 4.52. The average Bonchev–Trinajstić information content (AvgIpc) is 2.35. The van der Waals surface area contributed by atoms with Gasteiger partial charge in [0.1, 0.15) is 11.9 Å². The molecule has 1 heterocycles. The molecule has 1 atom stereocenters. The summed E-state index contributed by atoms with van der Waals surface area (Å²) in [5, 5.41) is 0. The molecule has 3 nitrogen and oxygen atoms in total. The molecule has 0 N–H and O–H groups in total. The van der Waals surface area contributed by atoms with Crippen LogP contribution in [0, 0.1) is 0 Å². The third kappa shape index (κ3) is 4.55. The Morgan fingerprint density at radius 2 is 2.28 bits per heavy atom. The van der Waals surface area contributed by atoms with Gasteiger partial charge in [0.15, 0.2) is 0 Å². The largest absolute Gasteiger partial charge is 0.490 e. The summed E-state index contributed by atoms with van der Waals surface area (Å²) in [5.74, 6) is 0.480. The Morgan fingerprint density at radius 3 is 2.89 bits per heavy atom. The van der Waals surface area contributed by atoms with Crippen molar-refractivity contribution in [2.75, 3.05) is 6.61 Å². The topological polar surface area (TPSA) is 35.5 Å². The van der Waals surface area contributed by atoms with Crippen LogP contribution >= 0.6 is 0 Å². The number of hydrogen-bond acceptors (Lipinski definition) is 3. The van der Waals surface area contributed by atoms with Gasteiger partial charge in [-0.25, -0.2) is 4.79 Å². The summed E-state index contributed by atoms with van der Waals surface area (Å²) in [6.45, 7) is 6.26. The molecule has 0 saturated carbocycles. The Hall–Kier alpha value is -1.25. The van der Waals surface area contributed by atoms with Crippen LogP contribution in [0.3, 0.4) is 0 Å². The van der Waals surface area contributed by atoms with Crippen LogP contribution in [0.25, 0.3) is 0 Å². The lowest BCUT2D eigenvalue weighted by molar-refractivity contribution is -0.139. The summed E-state index contributed by atoms with van der Waals surface area (Å²) in [5.41, 5.74) is 0.690. The summed E-state index contributed by atoms with van der Waals surface area (Å²) in [7, 11) is 0. The fourth-order valence-corrected chi connectivity index (χ4v) is 1.99. The SMILES string of the molecule is CCCC/C=C/C1CCC(C(=O)OCC)=C(C)O1. The molecule has 0 aliphatic carbocycles.